The molecule has 0 amide bonds. The summed E-state index contributed by atoms with van der Waals surface area (Å²) >= 11 is 0. The summed E-state index contributed by atoms with van der Waals surface area (Å²) in [6, 6.07) is 17.4. The van der Waals surface area contributed by atoms with Gasteiger partial charge in [0.05, 0.1) is 5.56 Å². The van der Waals surface area contributed by atoms with Crippen molar-refractivity contribution in [2.24, 2.45) is 0 Å². The second-order valence-corrected chi connectivity index (χ2v) is 8.88. The maximum Gasteiger partial charge on any atom is 0.101 e. The monoisotopic (exact) mass is 434 g/mol. The predicted octanol–water partition coefficient (Wildman–Crippen LogP) is 7.87. The minimum atomic E-state index is 0.610. The molecular formula is C31H34N2. The van der Waals surface area contributed by atoms with Crippen LogP contribution in [0.15, 0.2) is 78.7 Å². The average molecular weight is 435 g/mol. The molecule has 0 saturated carbocycles. The lowest BCUT2D eigenvalue weighted by molar-refractivity contribution is 0.915. The van der Waals surface area contributed by atoms with Gasteiger partial charge in [-0.05, 0) is 97.9 Å². The Hall–Kier alpha value is -3.44. The summed E-state index contributed by atoms with van der Waals surface area (Å²) in [4.78, 5) is 4.14. The maximum absolute atomic E-state index is 9.03. The van der Waals surface area contributed by atoms with Gasteiger partial charge in [-0.1, -0.05) is 67.1 Å². The highest BCUT2D eigenvalue weighted by Crippen LogP contribution is 2.31. The van der Waals surface area contributed by atoms with Gasteiger partial charge >= 0.3 is 0 Å². The SMILES string of the molecule is C=C(/C=C(\C)CCc1cccc(-c2cccc(CC)c2C)c1C)CCc1cncc(C#N)c1. The van der Waals surface area contributed by atoms with E-state index in [9.17, 15) is 0 Å². The fraction of sp³-hybridized carbons (Fsp3) is 0.290. The number of allylic oxidation sites excluding steroid dienone is 3. The lowest BCUT2D eigenvalue weighted by Crippen LogP contribution is -1.97. The third-order valence-electron chi connectivity index (χ3n) is 6.46. The molecule has 0 unspecified atom stereocenters. The molecule has 0 bridgehead atoms. The van der Waals surface area contributed by atoms with Gasteiger partial charge in [-0.2, -0.15) is 5.26 Å². The van der Waals surface area contributed by atoms with E-state index >= 15 is 0 Å². The number of pyridine rings is 1. The second-order valence-electron chi connectivity index (χ2n) is 8.88. The van der Waals surface area contributed by atoms with Gasteiger partial charge in [-0.3, -0.25) is 4.98 Å². The van der Waals surface area contributed by atoms with Crippen LogP contribution in [0.5, 0.6) is 0 Å². The van der Waals surface area contributed by atoms with Crippen molar-refractivity contribution in [2.45, 2.75) is 59.8 Å². The number of nitriles is 1. The van der Waals surface area contributed by atoms with Gasteiger partial charge in [-0.15, -0.1) is 0 Å². The number of rotatable bonds is 9. The molecule has 2 aromatic carbocycles. The van der Waals surface area contributed by atoms with Crippen molar-refractivity contribution in [3.63, 3.8) is 0 Å². The molecule has 168 valence electrons. The predicted molar refractivity (Wildman–Crippen MR) is 139 cm³/mol. The zero-order valence-electron chi connectivity index (χ0n) is 20.4. The first-order valence-corrected chi connectivity index (χ1v) is 11.8. The summed E-state index contributed by atoms with van der Waals surface area (Å²) in [5.41, 5.74) is 12.5. The summed E-state index contributed by atoms with van der Waals surface area (Å²) in [7, 11) is 0. The molecule has 1 aromatic heterocycles. The van der Waals surface area contributed by atoms with Crippen LogP contribution in [0.2, 0.25) is 0 Å². The molecular weight excluding hydrogens is 400 g/mol. The van der Waals surface area contributed by atoms with E-state index in [1.807, 2.05) is 12.3 Å². The fourth-order valence-corrected chi connectivity index (χ4v) is 4.42. The summed E-state index contributed by atoms with van der Waals surface area (Å²) in [6.07, 6.45) is 10.5. The number of aromatic nitrogens is 1. The smallest absolute Gasteiger partial charge is 0.101 e. The van der Waals surface area contributed by atoms with Crippen molar-refractivity contribution in [1.82, 2.24) is 4.98 Å². The molecule has 2 nitrogen and oxygen atoms in total. The quantitative estimate of drug-likeness (QED) is 0.321. The van der Waals surface area contributed by atoms with Crippen LogP contribution in [0.4, 0.5) is 0 Å². The highest BCUT2D eigenvalue weighted by molar-refractivity contribution is 5.72. The van der Waals surface area contributed by atoms with Crippen LogP contribution in [0, 0.1) is 25.2 Å². The second kappa shape index (κ2) is 11.4. The number of benzene rings is 2. The highest BCUT2D eigenvalue weighted by atomic mass is 14.6. The minimum Gasteiger partial charge on any atom is -0.263 e. The van der Waals surface area contributed by atoms with Gasteiger partial charge in [0, 0.05) is 12.4 Å². The topological polar surface area (TPSA) is 36.7 Å². The number of hydrogen-bond acceptors (Lipinski definition) is 2. The van der Waals surface area contributed by atoms with Crippen LogP contribution in [0.3, 0.4) is 0 Å². The van der Waals surface area contributed by atoms with Crippen LogP contribution in [-0.2, 0) is 19.3 Å². The lowest BCUT2D eigenvalue weighted by Gasteiger charge is -2.16. The van der Waals surface area contributed by atoms with E-state index in [4.69, 9.17) is 5.26 Å². The third-order valence-corrected chi connectivity index (χ3v) is 6.46. The standard InChI is InChI=1S/C31H34N2/c1-6-28-9-7-11-30(24(28)4)31-12-8-10-29(25(31)5)16-14-23(3)17-22(2)13-15-26-18-27(19-32)21-33-20-26/h7-12,17-18,20-21H,2,6,13-16H2,1,3-5H3/b23-17+. The molecule has 0 atom stereocenters. The van der Waals surface area contributed by atoms with Gasteiger partial charge in [-0.25, -0.2) is 0 Å². The molecule has 33 heavy (non-hydrogen) atoms. The van der Waals surface area contributed by atoms with Crippen molar-refractivity contribution < 1.29 is 0 Å². The molecule has 0 radical (unpaired) electrons. The van der Waals surface area contributed by atoms with E-state index in [2.05, 4.69) is 87.8 Å². The Labute approximate surface area is 199 Å². The van der Waals surface area contributed by atoms with E-state index in [0.29, 0.717) is 5.56 Å². The van der Waals surface area contributed by atoms with Gasteiger partial charge < -0.3 is 0 Å². The molecule has 0 saturated heterocycles. The van der Waals surface area contributed by atoms with Crippen LogP contribution in [-0.4, -0.2) is 4.98 Å². The van der Waals surface area contributed by atoms with E-state index < -0.39 is 0 Å². The average Bonchev–Trinajstić information content (AvgIpc) is 2.82. The highest BCUT2D eigenvalue weighted by Gasteiger charge is 2.10. The van der Waals surface area contributed by atoms with E-state index in [0.717, 1.165) is 43.2 Å². The summed E-state index contributed by atoms with van der Waals surface area (Å²) in [5, 5.41) is 9.03. The number of nitrogens with zero attached hydrogens (tertiary/aromatic N) is 2. The van der Waals surface area contributed by atoms with E-state index in [1.54, 1.807) is 6.20 Å². The van der Waals surface area contributed by atoms with Gasteiger partial charge in [0.15, 0.2) is 0 Å². The molecule has 0 aliphatic heterocycles. The third kappa shape index (κ3) is 6.30. The van der Waals surface area contributed by atoms with Crippen molar-refractivity contribution in [3.8, 4) is 17.2 Å². The molecule has 0 N–H and O–H groups in total. The van der Waals surface area contributed by atoms with Crippen LogP contribution >= 0.6 is 0 Å². The molecule has 2 heteroatoms. The van der Waals surface area contributed by atoms with E-state index in [-0.39, 0.29) is 0 Å². The molecule has 1 heterocycles. The van der Waals surface area contributed by atoms with Crippen molar-refractivity contribution in [2.75, 3.05) is 0 Å². The maximum atomic E-state index is 9.03. The Balaban J connectivity index is 1.65. The number of aryl methyl sites for hydroxylation is 3. The summed E-state index contributed by atoms with van der Waals surface area (Å²) in [6.45, 7) is 13.2. The van der Waals surface area contributed by atoms with Crippen LogP contribution in [0.1, 0.15) is 60.1 Å². The first-order valence-electron chi connectivity index (χ1n) is 11.8. The molecule has 0 fully saturated rings. The van der Waals surface area contributed by atoms with Gasteiger partial charge in [0.1, 0.15) is 6.07 Å². The van der Waals surface area contributed by atoms with Crippen LogP contribution < -0.4 is 0 Å². The first kappa shape index (κ1) is 24.2. The van der Waals surface area contributed by atoms with Crippen molar-refractivity contribution in [1.29, 1.82) is 5.26 Å². The normalized spacial score (nSPS) is 11.3. The Morgan fingerprint density at radius 3 is 2.30 bits per heavy atom. The number of hydrogen-bond donors (Lipinski definition) is 0. The first-order chi connectivity index (χ1) is 15.9. The molecule has 0 spiro atoms. The van der Waals surface area contributed by atoms with Gasteiger partial charge in [0.25, 0.3) is 0 Å². The van der Waals surface area contributed by atoms with Crippen molar-refractivity contribution >= 4 is 0 Å². The van der Waals surface area contributed by atoms with Gasteiger partial charge in [0.2, 0.25) is 0 Å². The minimum absolute atomic E-state index is 0.610. The Morgan fingerprint density at radius 2 is 1.64 bits per heavy atom. The fourth-order valence-electron chi connectivity index (χ4n) is 4.42. The lowest BCUT2D eigenvalue weighted by atomic mass is 9.89. The summed E-state index contributed by atoms with van der Waals surface area (Å²) < 4.78 is 0. The largest absolute Gasteiger partial charge is 0.263 e. The molecule has 3 rings (SSSR count). The zero-order valence-corrected chi connectivity index (χ0v) is 20.4. The Morgan fingerprint density at radius 1 is 0.970 bits per heavy atom. The Bertz CT molecular complexity index is 1210. The molecule has 0 aliphatic rings. The summed E-state index contributed by atoms with van der Waals surface area (Å²) in [5.74, 6) is 0. The van der Waals surface area contributed by atoms with E-state index in [1.165, 1.54) is 39.0 Å². The molecule has 3 aromatic rings. The molecule has 0 aliphatic carbocycles. The van der Waals surface area contributed by atoms with Crippen LogP contribution in [0.25, 0.3) is 11.1 Å². The zero-order chi connectivity index (χ0) is 23.8. The Kier molecular flexibility index (Phi) is 8.39. The van der Waals surface area contributed by atoms with Crippen molar-refractivity contribution in [3.05, 3.63) is 112 Å².